The van der Waals surface area contributed by atoms with Gasteiger partial charge in [-0.05, 0) is 31.3 Å². The second kappa shape index (κ2) is 7.76. The molecule has 0 radical (unpaired) electrons. The molecule has 0 spiro atoms. The summed E-state index contributed by atoms with van der Waals surface area (Å²) >= 11 is 1.57. The van der Waals surface area contributed by atoms with E-state index in [1.165, 1.54) is 0 Å². The highest BCUT2D eigenvalue weighted by Crippen LogP contribution is 2.21. The third kappa shape index (κ3) is 4.43. The van der Waals surface area contributed by atoms with E-state index < -0.39 is 0 Å². The molecule has 0 amide bonds. The van der Waals surface area contributed by atoms with Crippen LogP contribution >= 0.6 is 11.3 Å². The molecule has 2 heterocycles. The minimum absolute atomic E-state index is 0.160. The summed E-state index contributed by atoms with van der Waals surface area (Å²) in [7, 11) is 0. The van der Waals surface area contributed by atoms with Gasteiger partial charge < -0.3 is 14.6 Å². The molecule has 108 valence electrons. The van der Waals surface area contributed by atoms with Crippen molar-refractivity contribution in [3.05, 3.63) is 23.4 Å². The Morgan fingerprint density at radius 3 is 3.20 bits per heavy atom. The van der Waals surface area contributed by atoms with E-state index in [2.05, 4.69) is 15.5 Å². The Balaban J connectivity index is 1.66. The summed E-state index contributed by atoms with van der Waals surface area (Å²) in [6, 6.07) is 3.90. The van der Waals surface area contributed by atoms with Crippen LogP contribution in [0.5, 0.6) is 0 Å². The van der Waals surface area contributed by atoms with Crippen molar-refractivity contribution in [2.75, 3.05) is 13.2 Å². The Morgan fingerprint density at radius 2 is 2.45 bits per heavy atom. The fourth-order valence-corrected chi connectivity index (χ4v) is 2.27. The van der Waals surface area contributed by atoms with E-state index in [0.29, 0.717) is 37.8 Å². The van der Waals surface area contributed by atoms with E-state index in [1.807, 2.05) is 17.5 Å². The van der Waals surface area contributed by atoms with Crippen molar-refractivity contribution in [3.8, 4) is 10.7 Å². The maximum atomic E-state index is 11.1. The first-order valence-corrected chi connectivity index (χ1v) is 7.40. The fraction of sp³-hybridized carbons (Fsp3) is 0.462. The van der Waals surface area contributed by atoms with E-state index in [1.54, 1.807) is 18.3 Å². The van der Waals surface area contributed by atoms with Crippen LogP contribution in [0.1, 0.15) is 25.7 Å². The third-order valence-electron chi connectivity index (χ3n) is 2.53. The summed E-state index contributed by atoms with van der Waals surface area (Å²) in [5.74, 6) is 1.000. The quantitative estimate of drug-likeness (QED) is 0.594. The Bertz CT molecular complexity index is 525. The number of nitrogens with zero attached hydrogens (tertiary/aromatic N) is 2. The largest absolute Gasteiger partial charge is 0.466 e. The van der Waals surface area contributed by atoms with Crippen LogP contribution in [0.4, 0.5) is 0 Å². The van der Waals surface area contributed by atoms with E-state index >= 15 is 0 Å². The van der Waals surface area contributed by atoms with Crippen molar-refractivity contribution < 1.29 is 14.1 Å². The summed E-state index contributed by atoms with van der Waals surface area (Å²) in [5, 5.41) is 9.05. The lowest BCUT2D eigenvalue weighted by molar-refractivity contribution is -0.143. The lowest BCUT2D eigenvalue weighted by atomic mass is 10.3. The third-order valence-corrected chi connectivity index (χ3v) is 3.39. The van der Waals surface area contributed by atoms with Gasteiger partial charge in [-0.1, -0.05) is 11.2 Å². The highest BCUT2D eigenvalue weighted by Gasteiger charge is 2.08. The zero-order valence-corrected chi connectivity index (χ0v) is 12.1. The highest BCUT2D eigenvalue weighted by molar-refractivity contribution is 7.13. The van der Waals surface area contributed by atoms with E-state index in [9.17, 15) is 4.79 Å². The van der Waals surface area contributed by atoms with Crippen LogP contribution in [-0.4, -0.2) is 29.3 Å². The van der Waals surface area contributed by atoms with Gasteiger partial charge in [0.2, 0.25) is 11.7 Å². The average molecular weight is 295 g/mol. The molecule has 2 rings (SSSR count). The minimum Gasteiger partial charge on any atom is -0.466 e. The number of hydrogen-bond acceptors (Lipinski definition) is 7. The number of carbonyl (C=O) groups is 1. The van der Waals surface area contributed by atoms with Crippen LogP contribution in [-0.2, 0) is 16.1 Å². The van der Waals surface area contributed by atoms with Gasteiger partial charge >= 0.3 is 5.97 Å². The van der Waals surface area contributed by atoms with Gasteiger partial charge in [-0.15, -0.1) is 11.3 Å². The number of ether oxygens (including phenoxy) is 1. The molecule has 0 saturated carbocycles. The molecule has 0 unspecified atom stereocenters. The van der Waals surface area contributed by atoms with Gasteiger partial charge in [-0.3, -0.25) is 4.79 Å². The molecule has 0 aliphatic carbocycles. The molecule has 0 aromatic carbocycles. The van der Waals surface area contributed by atoms with Crippen LogP contribution in [0.25, 0.3) is 10.7 Å². The highest BCUT2D eigenvalue weighted by atomic mass is 32.1. The molecule has 2 aromatic rings. The first-order valence-electron chi connectivity index (χ1n) is 6.52. The van der Waals surface area contributed by atoms with Crippen molar-refractivity contribution in [2.24, 2.45) is 0 Å². The van der Waals surface area contributed by atoms with E-state index in [0.717, 1.165) is 11.3 Å². The van der Waals surface area contributed by atoms with Gasteiger partial charge in [0.25, 0.3) is 0 Å². The zero-order chi connectivity index (χ0) is 14.2. The molecule has 0 fully saturated rings. The maximum absolute atomic E-state index is 11.1. The van der Waals surface area contributed by atoms with Crippen LogP contribution in [0.15, 0.2) is 22.0 Å². The molecular weight excluding hydrogens is 278 g/mol. The molecule has 0 aliphatic rings. The van der Waals surface area contributed by atoms with E-state index in [-0.39, 0.29) is 5.97 Å². The predicted octanol–water partition coefficient (Wildman–Crippen LogP) is 2.23. The van der Waals surface area contributed by atoms with Crippen LogP contribution in [0.3, 0.4) is 0 Å². The first-order chi connectivity index (χ1) is 9.79. The van der Waals surface area contributed by atoms with Gasteiger partial charge in [0.05, 0.1) is 18.0 Å². The lowest BCUT2D eigenvalue weighted by Crippen LogP contribution is -2.16. The number of hydrogen-bond donors (Lipinski definition) is 1. The molecular formula is C13H17N3O3S. The Labute approximate surface area is 121 Å². The Morgan fingerprint density at radius 1 is 1.55 bits per heavy atom. The van der Waals surface area contributed by atoms with Gasteiger partial charge in [-0.25, -0.2) is 0 Å². The van der Waals surface area contributed by atoms with Crippen molar-refractivity contribution in [2.45, 2.75) is 26.3 Å². The second-order valence-electron chi connectivity index (χ2n) is 4.07. The Hall–Kier alpha value is -1.73. The van der Waals surface area contributed by atoms with Crippen LogP contribution < -0.4 is 5.32 Å². The summed E-state index contributed by atoms with van der Waals surface area (Å²) < 4.78 is 9.99. The maximum Gasteiger partial charge on any atom is 0.305 e. The van der Waals surface area contributed by atoms with Crippen molar-refractivity contribution in [1.82, 2.24) is 15.5 Å². The van der Waals surface area contributed by atoms with Gasteiger partial charge in [0.15, 0.2) is 0 Å². The molecule has 0 aliphatic heterocycles. The molecule has 0 atom stereocenters. The van der Waals surface area contributed by atoms with E-state index in [4.69, 9.17) is 9.26 Å². The summed E-state index contributed by atoms with van der Waals surface area (Å²) in [6.45, 7) is 3.44. The monoisotopic (exact) mass is 295 g/mol. The Kier molecular flexibility index (Phi) is 5.69. The summed E-state index contributed by atoms with van der Waals surface area (Å²) in [6.07, 6.45) is 1.15. The normalized spacial score (nSPS) is 10.7. The van der Waals surface area contributed by atoms with Crippen LogP contribution in [0.2, 0.25) is 0 Å². The van der Waals surface area contributed by atoms with Gasteiger partial charge in [0.1, 0.15) is 0 Å². The first kappa shape index (κ1) is 14.7. The molecule has 0 saturated heterocycles. The fourth-order valence-electron chi connectivity index (χ4n) is 1.62. The SMILES string of the molecule is CCOC(=O)CCCNCc1nc(-c2cccs2)no1. The number of aromatic nitrogens is 2. The smallest absolute Gasteiger partial charge is 0.305 e. The molecule has 0 bridgehead atoms. The van der Waals surface area contributed by atoms with Crippen molar-refractivity contribution in [1.29, 1.82) is 0 Å². The zero-order valence-electron chi connectivity index (χ0n) is 11.3. The molecule has 2 aromatic heterocycles. The number of thiophene rings is 1. The molecule has 20 heavy (non-hydrogen) atoms. The van der Waals surface area contributed by atoms with Crippen molar-refractivity contribution >= 4 is 17.3 Å². The van der Waals surface area contributed by atoms with Crippen molar-refractivity contribution in [3.63, 3.8) is 0 Å². The minimum atomic E-state index is -0.160. The molecule has 7 heteroatoms. The van der Waals surface area contributed by atoms with Crippen LogP contribution in [0, 0.1) is 0 Å². The van der Waals surface area contributed by atoms with Gasteiger partial charge in [0, 0.05) is 6.42 Å². The predicted molar refractivity (Wildman–Crippen MR) is 75.2 cm³/mol. The lowest BCUT2D eigenvalue weighted by Gasteiger charge is -2.02. The standard InChI is InChI=1S/C13H17N3O3S/c1-2-18-12(17)6-3-7-14-9-11-15-13(16-19-11)10-5-4-8-20-10/h4-5,8,14H,2-3,6-7,9H2,1H3. The number of esters is 1. The number of rotatable bonds is 8. The average Bonchev–Trinajstić information content (AvgIpc) is 3.09. The number of nitrogens with one attached hydrogen (secondary N) is 1. The second-order valence-corrected chi connectivity index (χ2v) is 5.02. The topological polar surface area (TPSA) is 77.2 Å². The molecule has 6 nitrogen and oxygen atoms in total. The summed E-state index contributed by atoms with van der Waals surface area (Å²) in [5.41, 5.74) is 0. The number of carbonyl (C=O) groups excluding carboxylic acids is 1. The summed E-state index contributed by atoms with van der Waals surface area (Å²) in [4.78, 5) is 16.4. The van der Waals surface area contributed by atoms with Gasteiger partial charge in [-0.2, -0.15) is 4.98 Å². The molecule has 1 N–H and O–H groups in total.